The summed E-state index contributed by atoms with van der Waals surface area (Å²) in [4.78, 5) is 22.4. The van der Waals surface area contributed by atoms with Crippen molar-refractivity contribution in [2.75, 3.05) is 7.11 Å². The van der Waals surface area contributed by atoms with E-state index >= 15 is 0 Å². The number of halogens is 1. The summed E-state index contributed by atoms with van der Waals surface area (Å²) in [7, 11) is 1.43. The zero-order valence-electron chi connectivity index (χ0n) is 9.83. The van der Waals surface area contributed by atoms with Crippen molar-refractivity contribution in [3.63, 3.8) is 0 Å². The zero-order valence-corrected chi connectivity index (χ0v) is 10.6. The van der Waals surface area contributed by atoms with Crippen LogP contribution < -0.4 is 4.74 Å². The molecule has 0 unspecified atom stereocenters. The molecule has 17 heavy (non-hydrogen) atoms. The maximum absolute atomic E-state index is 11.8. The Kier molecular flexibility index (Phi) is 4.12. The lowest BCUT2D eigenvalue weighted by atomic mass is 9.99. The molecule has 0 radical (unpaired) electrons. The molecule has 0 aromatic heterocycles. The molecule has 0 aliphatic carbocycles. The van der Waals surface area contributed by atoms with Gasteiger partial charge in [-0.15, -0.1) is 0 Å². The molecule has 0 heterocycles. The quantitative estimate of drug-likeness (QED) is 0.664. The number of aliphatic carboxylic acids is 1. The van der Waals surface area contributed by atoms with Gasteiger partial charge in [0, 0.05) is 5.02 Å². The number of hydrogen-bond acceptors (Lipinski definition) is 3. The van der Waals surface area contributed by atoms with E-state index in [1.54, 1.807) is 19.9 Å². The summed E-state index contributed by atoms with van der Waals surface area (Å²) in [5, 5.41) is 9.09. The van der Waals surface area contributed by atoms with E-state index in [-0.39, 0.29) is 5.56 Å². The minimum absolute atomic E-state index is 0.241. The molecule has 1 N–H and O–H groups in total. The van der Waals surface area contributed by atoms with Crippen molar-refractivity contribution in [1.82, 2.24) is 0 Å². The first-order valence-electron chi connectivity index (χ1n) is 4.97. The predicted molar refractivity (Wildman–Crippen MR) is 64.1 cm³/mol. The smallest absolute Gasteiger partial charge is 0.311 e. The van der Waals surface area contributed by atoms with Gasteiger partial charge >= 0.3 is 5.97 Å². The van der Waals surface area contributed by atoms with Crippen LogP contribution in [0.4, 0.5) is 0 Å². The number of carboxylic acid groups (broad SMARTS) is 1. The van der Waals surface area contributed by atoms with E-state index in [1.165, 1.54) is 7.11 Å². The molecule has 0 fully saturated rings. The minimum atomic E-state index is -1.17. The monoisotopic (exact) mass is 256 g/mol. The van der Waals surface area contributed by atoms with Gasteiger partial charge in [-0.2, -0.15) is 0 Å². The second kappa shape index (κ2) is 5.19. The summed E-state index contributed by atoms with van der Waals surface area (Å²) in [6.07, 6.45) is -0.573. The number of aryl methyl sites for hydroxylation is 1. The minimum Gasteiger partial charge on any atom is -0.496 e. The second-order valence-electron chi connectivity index (χ2n) is 3.70. The summed E-state index contributed by atoms with van der Waals surface area (Å²) in [5.74, 6) is -1.32. The fraction of sp³-hybridized carbons (Fsp3) is 0.333. The SMILES string of the molecule is COc1cc(C)c(Cl)c(C)c1C(=O)CC(=O)O. The van der Waals surface area contributed by atoms with Crippen LogP contribution >= 0.6 is 11.6 Å². The lowest BCUT2D eigenvalue weighted by molar-refractivity contribution is -0.135. The Morgan fingerprint density at radius 3 is 2.47 bits per heavy atom. The third-order valence-corrected chi connectivity index (χ3v) is 3.04. The largest absolute Gasteiger partial charge is 0.496 e. The standard InChI is InChI=1S/C12H13ClO4/c1-6-4-9(17-3)11(7(2)12(6)13)8(14)5-10(15)16/h4H,5H2,1-3H3,(H,15,16). The molecular weight excluding hydrogens is 244 g/mol. The number of ether oxygens (including phenoxy) is 1. The lowest BCUT2D eigenvalue weighted by Gasteiger charge is -2.13. The first-order valence-corrected chi connectivity index (χ1v) is 5.35. The molecule has 0 saturated carbocycles. The van der Waals surface area contributed by atoms with Gasteiger partial charge in [0.15, 0.2) is 5.78 Å². The third kappa shape index (κ3) is 2.77. The van der Waals surface area contributed by atoms with Crippen molar-refractivity contribution in [2.24, 2.45) is 0 Å². The highest BCUT2D eigenvalue weighted by Gasteiger charge is 2.20. The van der Waals surface area contributed by atoms with E-state index in [0.717, 1.165) is 5.56 Å². The van der Waals surface area contributed by atoms with E-state index in [1.807, 2.05) is 0 Å². The van der Waals surface area contributed by atoms with Gasteiger partial charge in [0.2, 0.25) is 0 Å². The zero-order chi connectivity index (χ0) is 13.2. The van der Waals surface area contributed by atoms with Gasteiger partial charge in [0.25, 0.3) is 0 Å². The number of benzene rings is 1. The normalized spacial score (nSPS) is 10.1. The predicted octanol–water partition coefficient (Wildman–Crippen LogP) is 2.62. The number of carbonyl (C=O) groups excluding carboxylic acids is 1. The van der Waals surface area contributed by atoms with Crippen LogP contribution in [-0.4, -0.2) is 24.0 Å². The van der Waals surface area contributed by atoms with E-state index < -0.39 is 18.2 Å². The Hall–Kier alpha value is -1.55. The van der Waals surface area contributed by atoms with Crippen molar-refractivity contribution < 1.29 is 19.4 Å². The molecule has 5 heteroatoms. The first-order chi connectivity index (χ1) is 7.88. The molecule has 1 rings (SSSR count). The molecule has 92 valence electrons. The highest BCUT2D eigenvalue weighted by Crippen LogP contribution is 2.32. The van der Waals surface area contributed by atoms with Crippen LogP contribution in [0.5, 0.6) is 5.75 Å². The molecule has 0 spiro atoms. The van der Waals surface area contributed by atoms with E-state index in [9.17, 15) is 9.59 Å². The maximum atomic E-state index is 11.8. The Bertz CT molecular complexity index is 480. The summed E-state index contributed by atoms with van der Waals surface area (Å²) in [6.45, 7) is 3.47. The van der Waals surface area contributed by atoms with Crippen LogP contribution in [0.2, 0.25) is 5.02 Å². The molecule has 4 nitrogen and oxygen atoms in total. The fourth-order valence-corrected chi connectivity index (χ4v) is 1.80. The molecule has 0 saturated heterocycles. The number of Topliss-reactive ketones (excluding diaryl/α,β-unsaturated/α-hetero) is 1. The second-order valence-corrected chi connectivity index (χ2v) is 4.08. The van der Waals surface area contributed by atoms with Crippen molar-refractivity contribution >= 4 is 23.4 Å². The number of carbonyl (C=O) groups is 2. The van der Waals surface area contributed by atoms with Crippen LogP contribution in [-0.2, 0) is 4.79 Å². The summed E-state index contributed by atoms with van der Waals surface area (Å²) >= 11 is 6.04. The van der Waals surface area contributed by atoms with Gasteiger partial charge in [-0.1, -0.05) is 11.6 Å². The first kappa shape index (κ1) is 13.5. The third-order valence-electron chi connectivity index (χ3n) is 2.45. The van der Waals surface area contributed by atoms with Gasteiger partial charge in [-0.3, -0.25) is 9.59 Å². The van der Waals surface area contributed by atoms with Crippen LogP contribution in [0.3, 0.4) is 0 Å². The van der Waals surface area contributed by atoms with Gasteiger partial charge in [-0.25, -0.2) is 0 Å². The topological polar surface area (TPSA) is 63.6 Å². The molecule has 0 aliphatic rings. The maximum Gasteiger partial charge on any atom is 0.311 e. The summed E-state index contributed by atoms with van der Waals surface area (Å²) in [5.41, 5.74) is 1.58. The van der Waals surface area contributed by atoms with Gasteiger partial charge < -0.3 is 9.84 Å². The van der Waals surface area contributed by atoms with Crippen LogP contribution in [0.1, 0.15) is 27.9 Å². The molecule has 0 bridgehead atoms. The number of hydrogen-bond donors (Lipinski definition) is 1. The number of methoxy groups -OCH3 is 1. The van der Waals surface area contributed by atoms with Crippen molar-refractivity contribution in [3.8, 4) is 5.75 Å². The van der Waals surface area contributed by atoms with E-state index in [4.69, 9.17) is 21.4 Å². The summed E-state index contributed by atoms with van der Waals surface area (Å²) < 4.78 is 5.09. The highest BCUT2D eigenvalue weighted by atomic mass is 35.5. The Balaban J connectivity index is 3.35. The molecule has 0 aliphatic heterocycles. The van der Waals surface area contributed by atoms with Gasteiger partial charge in [0.05, 0.1) is 12.7 Å². The molecule has 1 aromatic carbocycles. The number of ketones is 1. The summed E-state index contributed by atoms with van der Waals surface area (Å²) in [6, 6.07) is 1.63. The van der Waals surface area contributed by atoms with E-state index in [2.05, 4.69) is 0 Å². The Morgan fingerprint density at radius 1 is 1.41 bits per heavy atom. The average Bonchev–Trinajstić information content (AvgIpc) is 2.23. The molecular formula is C12H13ClO4. The molecule has 0 amide bonds. The number of rotatable bonds is 4. The number of carboxylic acids is 1. The van der Waals surface area contributed by atoms with Crippen molar-refractivity contribution in [1.29, 1.82) is 0 Å². The average molecular weight is 257 g/mol. The Morgan fingerprint density at radius 2 is 2.00 bits per heavy atom. The van der Waals surface area contributed by atoms with Crippen LogP contribution in [0.15, 0.2) is 6.07 Å². The molecule has 1 aromatic rings. The van der Waals surface area contributed by atoms with Gasteiger partial charge in [0.1, 0.15) is 12.2 Å². The van der Waals surface area contributed by atoms with Crippen LogP contribution in [0, 0.1) is 13.8 Å². The van der Waals surface area contributed by atoms with Crippen molar-refractivity contribution in [2.45, 2.75) is 20.3 Å². The van der Waals surface area contributed by atoms with Crippen molar-refractivity contribution in [3.05, 3.63) is 27.8 Å². The fourth-order valence-electron chi connectivity index (χ4n) is 1.66. The lowest BCUT2D eigenvalue weighted by Crippen LogP contribution is -2.11. The highest BCUT2D eigenvalue weighted by molar-refractivity contribution is 6.33. The molecule has 0 atom stereocenters. The van der Waals surface area contributed by atoms with E-state index in [0.29, 0.717) is 16.3 Å². The van der Waals surface area contributed by atoms with Gasteiger partial charge in [-0.05, 0) is 31.0 Å². The Labute approximate surface area is 104 Å². The van der Waals surface area contributed by atoms with Crippen LogP contribution in [0.25, 0.3) is 0 Å².